The number of ether oxygens (including phenoxy) is 2. The maximum absolute atomic E-state index is 10.5. The molecule has 3 unspecified atom stereocenters. The fourth-order valence-corrected chi connectivity index (χ4v) is 3.08. The van der Waals surface area contributed by atoms with E-state index in [1.807, 2.05) is 18.2 Å². The summed E-state index contributed by atoms with van der Waals surface area (Å²) < 4.78 is 10.5. The van der Waals surface area contributed by atoms with Gasteiger partial charge in [-0.25, -0.2) is 0 Å². The number of aliphatic hydroxyl groups is 1. The van der Waals surface area contributed by atoms with E-state index in [-0.39, 0.29) is 0 Å². The van der Waals surface area contributed by atoms with E-state index in [9.17, 15) is 5.11 Å². The summed E-state index contributed by atoms with van der Waals surface area (Å²) in [5, 5.41) is 10.5. The zero-order valence-electron chi connectivity index (χ0n) is 12.1. The van der Waals surface area contributed by atoms with Crippen molar-refractivity contribution >= 4 is 0 Å². The second kappa shape index (κ2) is 6.29. The van der Waals surface area contributed by atoms with Crippen molar-refractivity contribution in [1.82, 2.24) is 0 Å². The van der Waals surface area contributed by atoms with Gasteiger partial charge in [-0.2, -0.15) is 0 Å². The van der Waals surface area contributed by atoms with Crippen LogP contribution in [0.1, 0.15) is 44.3 Å². The number of benzene rings is 1. The first-order chi connectivity index (χ1) is 9.19. The molecule has 1 N–H and O–H groups in total. The monoisotopic (exact) mass is 264 g/mol. The van der Waals surface area contributed by atoms with Gasteiger partial charge in [0.15, 0.2) is 11.5 Å². The fraction of sp³-hybridized carbons (Fsp3) is 0.625. The Bertz CT molecular complexity index is 416. The predicted octanol–water partition coefficient (Wildman–Crippen LogP) is 3.56. The van der Waals surface area contributed by atoms with Crippen molar-refractivity contribution in [1.29, 1.82) is 0 Å². The van der Waals surface area contributed by atoms with Crippen molar-refractivity contribution in [2.45, 2.75) is 38.7 Å². The molecule has 1 aliphatic carbocycles. The maximum atomic E-state index is 10.5. The molecule has 3 atom stereocenters. The molecule has 1 aliphatic rings. The third-order valence-corrected chi connectivity index (χ3v) is 4.35. The highest BCUT2D eigenvalue weighted by molar-refractivity contribution is 5.43. The molecule has 3 nitrogen and oxygen atoms in total. The second-order valence-electron chi connectivity index (χ2n) is 5.41. The Kier molecular flexibility index (Phi) is 4.70. The Morgan fingerprint density at radius 1 is 1.21 bits per heavy atom. The molecular formula is C16H24O3. The van der Waals surface area contributed by atoms with Gasteiger partial charge in [0, 0.05) is 0 Å². The fourth-order valence-electron chi connectivity index (χ4n) is 3.08. The van der Waals surface area contributed by atoms with Crippen molar-refractivity contribution in [2.24, 2.45) is 11.8 Å². The molecule has 0 radical (unpaired) electrons. The van der Waals surface area contributed by atoms with Crippen LogP contribution in [0.4, 0.5) is 0 Å². The standard InChI is InChI=1S/C16H24O3/c1-4-11-5-6-12(9-11)16(17)13-7-8-14(18-2)15(10-13)19-3/h7-8,10-12,16-17H,4-6,9H2,1-3H3. The van der Waals surface area contributed by atoms with Crippen LogP contribution in [0.5, 0.6) is 11.5 Å². The average Bonchev–Trinajstić information content (AvgIpc) is 2.94. The first kappa shape index (κ1) is 14.2. The van der Waals surface area contributed by atoms with Gasteiger partial charge in [-0.1, -0.05) is 25.8 Å². The Balaban J connectivity index is 2.13. The highest BCUT2D eigenvalue weighted by Crippen LogP contribution is 2.41. The molecule has 3 heteroatoms. The number of aliphatic hydroxyl groups excluding tert-OH is 1. The van der Waals surface area contributed by atoms with Gasteiger partial charge in [-0.15, -0.1) is 0 Å². The molecule has 0 heterocycles. The molecule has 2 rings (SSSR count). The summed E-state index contributed by atoms with van der Waals surface area (Å²) in [6, 6.07) is 5.69. The average molecular weight is 264 g/mol. The van der Waals surface area contributed by atoms with E-state index in [1.54, 1.807) is 14.2 Å². The van der Waals surface area contributed by atoms with Gasteiger partial charge in [-0.3, -0.25) is 0 Å². The van der Waals surface area contributed by atoms with E-state index in [2.05, 4.69) is 6.92 Å². The van der Waals surface area contributed by atoms with E-state index in [1.165, 1.54) is 12.8 Å². The van der Waals surface area contributed by atoms with Crippen molar-refractivity contribution < 1.29 is 14.6 Å². The van der Waals surface area contributed by atoms with Crippen LogP contribution in [0.2, 0.25) is 0 Å². The molecule has 1 aromatic carbocycles. The van der Waals surface area contributed by atoms with Crippen molar-refractivity contribution in [3.63, 3.8) is 0 Å². The van der Waals surface area contributed by atoms with Gasteiger partial charge < -0.3 is 14.6 Å². The zero-order chi connectivity index (χ0) is 13.8. The lowest BCUT2D eigenvalue weighted by molar-refractivity contribution is 0.109. The molecular weight excluding hydrogens is 240 g/mol. The molecule has 1 saturated carbocycles. The molecule has 0 saturated heterocycles. The number of rotatable bonds is 5. The smallest absolute Gasteiger partial charge is 0.161 e. The Morgan fingerprint density at radius 2 is 1.95 bits per heavy atom. The normalized spacial score (nSPS) is 24.2. The van der Waals surface area contributed by atoms with Gasteiger partial charge in [0.05, 0.1) is 20.3 Å². The molecule has 1 aromatic rings. The molecule has 106 valence electrons. The third-order valence-electron chi connectivity index (χ3n) is 4.35. The molecule has 1 fully saturated rings. The van der Waals surface area contributed by atoms with Crippen LogP contribution in [0.15, 0.2) is 18.2 Å². The number of methoxy groups -OCH3 is 2. The first-order valence-electron chi connectivity index (χ1n) is 7.09. The van der Waals surface area contributed by atoms with Crippen molar-refractivity contribution in [2.75, 3.05) is 14.2 Å². The second-order valence-corrected chi connectivity index (χ2v) is 5.41. The minimum absolute atomic E-state index is 0.378. The maximum Gasteiger partial charge on any atom is 0.161 e. The van der Waals surface area contributed by atoms with Crippen molar-refractivity contribution in [3.8, 4) is 11.5 Å². The lowest BCUT2D eigenvalue weighted by Gasteiger charge is -2.20. The van der Waals surface area contributed by atoms with E-state index >= 15 is 0 Å². The summed E-state index contributed by atoms with van der Waals surface area (Å²) in [4.78, 5) is 0. The molecule has 0 amide bonds. The van der Waals surface area contributed by atoms with Crippen LogP contribution in [0, 0.1) is 11.8 Å². The Labute approximate surface area is 115 Å². The van der Waals surface area contributed by atoms with E-state index in [0.717, 1.165) is 24.3 Å². The van der Waals surface area contributed by atoms with E-state index in [0.29, 0.717) is 17.4 Å². The van der Waals surface area contributed by atoms with Gasteiger partial charge >= 0.3 is 0 Å². The molecule has 0 spiro atoms. The van der Waals surface area contributed by atoms with E-state index < -0.39 is 6.10 Å². The summed E-state index contributed by atoms with van der Waals surface area (Å²) in [6.07, 6.45) is 4.32. The summed E-state index contributed by atoms with van der Waals surface area (Å²) in [6.45, 7) is 2.23. The van der Waals surface area contributed by atoms with Crippen LogP contribution < -0.4 is 9.47 Å². The quantitative estimate of drug-likeness (QED) is 0.883. The van der Waals surface area contributed by atoms with Crippen LogP contribution in [0.3, 0.4) is 0 Å². The largest absolute Gasteiger partial charge is 0.493 e. The van der Waals surface area contributed by atoms with Crippen LogP contribution in [-0.4, -0.2) is 19.3 Å². The van der Waals surface area contributed by atoms with Crippen LogP contribution in [0.25, 0.3) is 0 Å². The summed E-state index contributed by atoms with van der Waals surface area (Å²) in [5.41, 5.74) is 0.930. The lowest BCUT2D eigenvalue weighted by Crippen LogP contribution is -2.10. The third kappa shape index (κ3) is 3.03. The molecule has 0 bridgehead atoms. The van der Waals surface area contributed by atoms with Crippen molar-refractivity contribution in [3.05, 3.63) is 23.8 Å². The predicted molar refractivity (Wildman–Crippen MR) is 75.6 cm³/mol. The van der Waals surface area contributed by atoms with Crippen LogP contribution in [-0.2, 0) is 0 Å². The first-order valence-corrected chi connectivity index (χ1v) is 7.09. The lowest BCUT2D eigenvalue weighted by atomic mass is 9.92. The highest BCUT2D eigenvalue weighted by Gasteiger charge is 2.30. The molecule has 19 heavy (non-hydrogen) atoms. The molecule has 0 aromatic heterocycles. The van der Waals surface area contributed by atoms with Gasteiger partial charge in [-0.05, 0) is 42.4 Å². The SMILES string of the molecule is CCC1CCC(C(O)c2ccc(OC)c(OC)c2)C1. The molecule has 0 aliphatic heterocycles. The Hall–Kier alpha value is -1.22. The number of hydrogen-bond acceptors (Lipinski definition) is 3. The van der Waals surface area contributed by atoms with E-state index in [4.69, 9.17) is 9.47 Å². The minimum Gasteiger partial charge on any atom is -0.493 e. The van der Waals surface area contributed by atoms with Gasteiger partial charge in [0.2, 0.25) is 0 Å². The van der Waals surface area contributed by atoms with Crippen LogP contribution >= 0.6 is 0 Å². The topological polar surface area (TPSA) is 38.7 Å². The summed E-state index contributed by atoms with van der Waals surface area (Å²) >= 11 is 0. The van der Waals surface area contributed by atoms with Gasteiger partial charge in [0.25, 0.3) is 0 Å². The minimum atomic E-state index is -0.392. The highest BCUT2D eigenvalue weighted by atomic mass is 16.5. The zero-order valence-corrected chi connectivity index (χ0v) is 12.1. The Morgan fingerprint density at radius 3 is 2.53 bits per heavy atom. The number of hydrogen-bond donors (Lipinski definition) is 1. The van der Waals surface area contributed by atoms with Gasteiger partial charge in [0.1, 0.15) is 0 Å². The summed E-state index contributed by atoms with van der Waals surface area (Å²) in [7, 11) is 3.24. The summed E-state index contributed by atoms with van der Waals surface area (Å²) in [5.74, 6) is 2.54.